The fraction of sp³-hybridized carbons (Fsp3) is 0.692. The number of Topliss-reactive ketones (excluding diaryl/α,β-unsaturated/α-hetero) is 1. The van der Waals surface area contributed by atoms with Crippen molar-refractivity contribution in [3.63, 3.8) is 0 Å². The second kappa shape index (κ2) is 5.13. The standard InChI is InChI=1S/C13H20BrN3O/c1-4-13(6-5-7-15-13)11(18)8-10-12(14)9(2)16-17(10)3/h15H,4-8H2,1-3H3. The van der Waals surface area contributed by atoms with Crippen LogP contribution in [0.4, 0.5) is 0 Å². The third kappa shape index (κ3) is 2.26. The van der Waals surface area contributed by atoms with E-state index in [1.165, 1.54) is 0 Å². The van der Waals surface area contributed by atoms with Crippen LogP contribution in [-0.4, -0.2) is 27.6 Å². The summed E-state index contributed by atoms with van der Waals surface area (Å²) in [5, 5.41) is 7.73. The van der Waals surface area contributed by atoms with Gasteiger partial charge in [0, 0.05) is 7.05 Å². The average Bonchev–Trinajstić information content (AvgIpc) is 2.91. The number of nitrogens with one attached hydrogen (secondary N) is 1. The molecule has 1 fully saturated rings. The number of carbonyl (C=O) groups excluding carboxylic acids is 1. The fourth-order valence-corrected chi connectivity index (χ4v) is 3.21. The molecule has 5 heteroatoms. The second-order valence-corrected chi connectivity index (χ2v) is 5.83. The van der Waals surface area contributed by atoms with E-state index in [0.717, 1.165) is 41.7 Å². The zero-order chi connectivity index (χ0) is 13.3. The van der Waals surface area contributed by atoms with Crippen molar-refractivity contribution in [2.75, 3.05) is 6.54 Å². The molecule has 4 nitrogen and oxygen atoms in total. The summed E-state index contributed by atoms with van der Waals surface area (Å²) in [5.41, 5.74) is 1.60. The SMILES string of the molecule is CCC1(C(=O)Cc2c(Br)c(C)nn2C)CCCN1. The molecule has 1 atom stereocenters. The summed E-state index contributed by atoms with van der Waals surface area (Å²) in [6.07, 6.45) is 3.35. The first kappa shape index (κ1) is 13.7. The van der Waals surface area contributed by atoms with E-state index in [9.17, 15) is 4.79 Å². The number of ketones is 1. The predicted molar refractivity (Wildman–Crippen MR) is 74.6 cm³/mol. The molecule has 1 aromatic heterocycles. The van der Waals surface area contributed by atoms with E-state index in [1.807, 2.05) is 14.0 Å². The van der Waals surface area contributed by atoms with Crippen molar-refractivity contribution >= 4 is 21.7 Å². The Morgan fingerprint density at radius 2 is 2.33 bits per heavy atom. The van der Waals surface area contributed by atoms with E-state index in [-0.39, 0.29) is 11.3 Å². The zero-order valence-electron chi connectivity index (χ0n) is 11.2. The van der Waals surface area contributed by atoms with Crippen molar-refractivity contribution in [2.45, 2.75) is 45.1 Å². The normalized spacial score (nSPS) is 23.6. The van der Waals surface area contributed by atoms with Gasteiger partial charge in [0.05, 0.1) is 27.8 Å². The molecule has 1 aliphatic heterocycles. The zero-order valence-corrected chi connectivity index (χ0v) is 12.8. The van der Waals surface area contributed by atoms with Crippen molar-refractivity contribution in [1.29, 1.82) is 0 Å². The summed E-state index contributed by atoms with van der Waals surface area (Å²) in [4.78, 5) is 12.6. The lowest BCUT2D eigenvalue weighted by atomic mass is 9.87. The van der Waals surface area contributed by atoms with Gasteiger partial charge in [-0.15, -0.1) is 0 Å². The van der Waals surface area contributed by atoms with Crippen LogP contribution in [0.3, 0.4) is 0 Å². The molecule has 1 saturated heterocycles. The van der Waals surface area contributed by atoms with Gasteiger partial charge >= 0.3 is 0 Å². The van der Waals surface area contributed by atoms with Gasteiger partial charge < -0.3 is 5.32 Å². The van der Waals surface area contributed by atoms with Crippen LogP contribution in [0, 0.1) is 6.92 Å². The van der Waals surface area contributed by atoms with E-state index in [1.54, 1.807) is 4.68 Å². The van der Waals surface area contributed by atoms with Crippen LogP contribution >= 0.6 is 15.9 Å². The Balaban J connectivity index is 2.21. The highest BCUT2D eigenvalue weighted by Crippen LogP contribution is 2.28. The van der Waals surface area contributed by atoms with Crippen molar-refractivity contribution in [2.24, 2.45) is 7.05 Å². The van der Waals surface area contributed by atoms with Gasteiger partial charge in [-0.2, -0.15) is 5.10 Å². The summed E-state index contributed by atoms with van der Waals surface area (Å²) in [7, 11) is 1.89. The number of hydrogen-bond acceptors (Lipinski definition) is 3. The van der Waals surface area contributed by atoms with Gasteiger partial charge in [0.1, 0.15) is 0 Å². The number of nitrogens with zero attached hydrogens (tertiary/aromatic N) is 2. The van der Waals surface area contributed by atoms with Crippen LogP contribution in [0.25, 0.3) is 0 Å². The number of aromatic nitrogens is 2. The van der Waals surface area contributed by atoms with Gasteiger partial charge in [-0.1, -0.05) is 6.92 Å². The third-order valence-corrected chi connectivity index (χ3v) is 5.00. The first-order chi connectivity index (χ1) is 8.50. The lowest BCUT2D eigenvalue weighted by Crippen LogP contribution is -2.48. The molecule has 0 aromatic carbocycles. The van der Waals surface area contributed by atoms with Gasteiger partial charge in [0.25, 0.3) is 0 Å². The average molecular weight is 314 g/mol. The Morgan fingerprint density at radius 1 is 1.61 bits per heavy atom. The maximum absolute atomic E-state index is 12.6. The van der Waals surface area contributed by atoms with Gasteiger partial charge in [-0.05, 0) is 48.7 Å². The Labute approximate surface area is 116 Å². The Bertz CT molecular complexity index is 461. The second-order valence-electron chi connectivity index (χ2n) is 5.04. The van der Waals surface area contributed by atoms with Crippen LogP contribution < -0.4 is 5.32 Å². The smallest absolute Gasteiger partial charge is 0.158 e. The van der Waals surface area contributed by atoms with Crippen molar-refractivity contribution < 1.29 is 4.79 Å². The topological polar surface area (TPSA) is 46.9 Å². The summed E-state index contributed by atoms with van der Waals surface area (Å²) < 4.78 is 2.76. The number of carbonyl (C=O) groups is 1. The lowest BCUT2D eigenvalue weighted by molar-refractivity contribution is -0.124. The van der Waals surface area contributed by atoms with Crippen LogP contribution in [0.2, 0.25) is 0 Å². The number of halogens is 1. The predicted octanol–water partition coefficient (Wildman–Crippen LogP) is 2.13. The van der Waals surface area contributed by atoms with Gasteiger partial charge in [0.2, 0.25) is 0 Å². The van der Waals surface area contributed by atoms with Crippen LogP contribution in [0.1, 0.15) is 37.6 Å². The van der Waals surface area contributed by atoms with Gasteiger partial charge in [-0.3, -0.25) is 9.48 Å². The van der Waals surface area contributed by atoms with Gasteiger partial charge in [0.15, 0.2) is 5.78 Å². The van der Waals surface area contributed by atoms with Crippen LogP contribution in [0.15, 0.2) is 4.47 Å². The summed E-state index contributed by atoms with van der Waals surface area (Å²) >= 11 is 3.52. The first-order valence-corrected chi connectivity index (χ1v) is 7.26. The fourth-order valence-electron chi connectivity index (χ4n) is 2.74. The molecule has 1 N–H and O–H groups in total. The molecular weight excluding hydrogens is 294 g/mol. The summed E-state index contributed by atoms with van der Waals surface area (Å²) in [6.45, 7) is 4.98. The first-order valence-electron chi connectivity index (χ1n) is 6.46. The largest absolute Gasteiger partial charge is 0.305 e. The molecule has 0 spiro atoms. The van der Waals surface area contributed by atoms with Crippen molar-refractivity contribution in [3.8, 4) is 0 Å². The molecule has 100 valence electrons. The van der Waals surface area contributed by atoms with Crippen molar-refractivity contribution in [3.05, 3.63) is 15.9 Å². The summed E-state index contributed by atoms with van der Waals surface area (Å²) in [6, 6.07) is 0. The molecular formula is C13H20BrN3O. The molecule has 0 saturated carbocycles. The lowest BCUT2D eigenvalue weighted by Gasteiger charge is -2.26. The highest BCUT2D eigenvalue weighted by atomic mass is 79.9. The summed E-state index contributed by atoms with van der Waals surface area (Å²) in [5.74, 6) is 0.284. The third-order valence-electron chi connectivity index (χ3n) is 3.97. The minimum atomic E-state index is -0.308. The van der Waals surface area contributed by atoms with E-state index in [4.69, 9.17) is 0 Å². The number of aryl methyl sites for hydroxylation is 2. The molecule has 0 radical (unpaired) electrons. The van der Waals surface area contributed by atoms with Crippen LogP contribution in [0.5, 0.6) is 0 Å². The number of rotatable bonds is 4. The highest BCUT2D eigenvalue weighted by molar-refractivity contribution is 9.10. The molecule has 0 bridgehead atoms. The quantitative estimate of drug-likeness (QED) is 0.926. The molecule has 18 heavy (non-hydrogen) atoms. The number of hydrogen-bond donors (Lipinski definition) is 1. The molecule has 2 rings (SSSR count). The monoisotopic (exact) mass is 313 g/mol. The molecule has 1 aliphatic rings. The Kier molecular flexibility index (Phi) is 3.92. The Hall–Kier alpha value is -0.680. The Morgan fingerprint density at radius 3 is 2.78 bits per heavy atom. The molecule has 1 unspecified atom stereocenters. The highest BCUT2D eigenvalue weighted by Gasteiger charge is 2.39. The minimum absolute atomic E-state index is 0.284. The molecule has 1 aromatic rings. The maximum atomic E-state index is 12.6. The van der Waals surface area contributed by atoms with E-state index in [0.29, 0.717) is 6.42 Å². The van der Waals surface area contributed by atoms with Gasteiger partial charge in [-0.25, -0.2) is 0 Å². The maximum Gasteiger partial charge on any atom is 0.158 e. The molecule has 0 amide bonds. The van der Waals surface area contributed by atoms with E-state index < -0.39 is 0 Å². The van der Waals surface area contributed by atoms with Crippen molar-refractivity contribution in [1.82, 2.24) is 15.1 Å². The van der Waals surface area contributed by atoms with E-state index >= 15 is 0 Å². The molecule has 2 heterocycles. The van der Waals surface area contributed by atoms with E-state index in [2.05, 4.69) is 33.3 Å². The minimum Gasteiger partial charge on any atom is -0.305 e. The molecule has 0 aliphatic carbocycles. The van der Waals surface area contributed by atoms with Crippen LogP contribution in [-0.2, 0) is 18.3 Å².